The highest BCUT2D eigenvalue weighted by atomic mass is 79.9. The van der Waals surface area contributed by atoms with Gasteiger partial charge in [0.05, 0.1) is 10.6 Å². The summed E-state index contributed by atoms with van der Waals surface area (Å²) in [7, 11) is 0. The third-order valence-electron chi connectivity index (χ3n) is 3.00. The fourth-order valence-corrected chi connectivity index (χ4v) is 3.69. The summed E-state index contributed by atoms with van der Waals surface area (Å²) in [5.41, 5.74) is 1.77. The van der Waals surface area contributed by atoms with E-state index in [-0.39, 0.29) is 5.91 Å². The second-order valence-corrected chi connectivity index (χ2v) is 6.90. The number of halogens is 1. The van der Waals surface area contributed by atoms with Crippen LogP contribution in [-0.2, 0) is 4.79 Å². The van der Waals surface area contributed by atoms with Crippen molar-refractivity contribution in [3.63, 3.8) is 0 Å². The molecule has 0 atom stereocenters. The van der Waals surface area contributed by atoms with Crippen LogP contribution in [0.2, 0.25) is 0 Å². The second kappa shape index (κ2) is 6.13. The molecule has 0 radical (unpaired) electrons. The van der Waals surface area contributed by atoms with Crippen molar-refractivity contribution in [3.05, 3.63) is 69.5 Å². The minimum atomic E-state index is -0.0769. The Morgan fingerprint density at radius 3 is 2.43 bits per heavy atom. The number of rotatable bonds is 2. The molecule has 0 unspecified atom stereocenters. The van der Waals surface area contributed by atoms with Gasteiger partial charge in [-0.1, -0.05) is 76.3 Å². The lowest BCUT2D eigenvalue weighted by atomic mass is 10.2. The van der Waals surface area contributed by atoms with Gasteiger partial charge in [-0.05, 0) is 29.8 Å². The Balaban J connectivity index is 1.96. The molecule has 1 aliphatic rings. The highest BCUT2D eigenvalue weighted by molar-refractivity contribution is 9.10. The summed E-state index contributed by atoms with van der Waals surface area (Å²) in [6.45, 7) is 0. The van der Waals surface area contributed by atoms with Crippen molar-refractivity contribution in [2.45, 2.75) is 0 Å². The molecule has 0 bridgehead atoms. The van der Waals surface area contributed by atoms with Crippen molar-refractivity contribution in [1.82, 2.24) is 0 Å². The third kappa shape index (κ3) is 2.95. The maximum absolute atomic E-state index is 12.6. The highest BCUT2D eigenvalue weighted by Gasteiger charge is 2.33. The molecule has 2 nitrogen and oxygen atoms in total. The molecular weight excluding hydrogens is 366 g/mol. The minimum Gasteiger partial charge on any atom is -0.268 e. The van der Waals surface area contributed by atoms with Gasteiger partial charge in [0.25, 0.3) is 5.91 Å². The Morgan fingerprint density at radius 2 is 1.71 bits per heavy atom. The maximum atomic E-state index is 12.6. The van der Waals surface area contributed by atoms with E-state index in [0.717, 1.165) is 15.7 Å². The topological polar surface area (TPSA) is 20.3 Å². The van der Waals surface area contributed by atoms with Crippen molar-refractivity contribution >= 4 is 61.9 Å². The van der Waals surface area contributed by atoms with Gasteiger partial charge < -0.3 is 0 Å². The number of hydrogen-bond donors (Lipinski definition) is 0. The van der Waals surface area contributed by atoms with Gasteiger partial charge in [0, 0.05) is 4.47 Å². The Labute approximate surface area is 141 Å². The van der Waals surface area contributed by atoms with E-state index in [9.17, 15) is 4.79 Å². The van der Waals surface area contributed by atoms with Gasteiger partial charge in [-0.25, -0.2) is 0 Å². The summed E-state index contributed by atoms with van der Waals surface area (Å²) >= 11 is 10.2. The largest absolute Gasteiger partial charge is 0.270 e. The Hall–Kier alpha value is -1.43. The second-order valence-electron chi connectivity index (χ2n) is 4.37. The molecule has 0 spiro atoms. The molecule has 3 rings (SSSR count). The lowest BCUT2D eigenvalue weighted by molar-refractivity contribution is -0.113. The molecule has 1 fully saturated rings. The molecule has 0 aromatic heterocycles. The zero-order chi connectivity index (χ0) is 14.8. The van der Waals surface area contributed by atoms with Gasteiger partial charge >= 0.3 is 0 Å². The quantitative estimate of drug-likeness (QED) is 0.552. The predicted molar refractivity (Wildman–Crippen MR) is 96.2 cm³/mol. The summed E-state index contributed by atoms with van der Waals surface area (Å²) in [6, 6.07) is 17.3. The average Bonchev–Trinajstić information content (AvgIpc) is 2.77. The van der Waals surface area contributed by atoms with E-state index in [2.05, 4.69) is 15.9 Å². The van der Waals surface area contributed by atoms with Crippen LogP contribution >= 0.6 is 39.9 Å². The zero-order valence-electron chi connectivity index (χ0n) is 10.8. The van der Waals surface area contributed by atoms with Crippen molar-refractivity contribution in [2.24, 2.45) is 0 Å². The molecule has 1 heterocycles. The van der Waals surface area contributed by atoms with Crippen LogP contribution in [0.15, 0.2) is 64.0 Å². The number of thioether (sulfide) groups is 1. The molecule has 5 heteroatoms. The number of nitrogens with zero attached hydrogens (tertiary/aromatic N) is 1. The van der Waals surface area contributed by atoms with Crippen molar-refractivity contribution in [2.75, 3.05) is 4.90 Å². The first kappa shape index (κ1) is 14.5. The van der Waals surface area contributed by atoms with Crippen molar-refractivity contribution in [3.8, 4) is 0 Å². The van der Waals surface area contributed by atoms with E-state index in [0.29, 0.717) is 9.23 Å². The minimum absolute atomic E-state index is 0.0769. The summed E-state index contributed by atoms with van der Waals surface area (Å²) in [5, 5.41) is 0. The fourth-order valence-electron chi connectivity index (χ4n) is 2.00. The number of amides is 1. The van der Waals surface area contributed by atoms with E-state index in [4.69, 9.17) is 12.2 Å². The van der Waals surface area contributed by atoms with Gasteiger partial charge in [-0.3, -0.25) is 9.69 Å². The van der Waals surface area contributed by atoms with Crippen molar-refractivity contribution in [1.29, 1.82) is 0 Å². The number of benzene rings is 2. The Morgan fingerprint density at radius 1 is 1.05 bits per heavy atom. The standard InChI is InChI=1S/C16H10BrNOS2/c17-13-9-5-4-6-11(13)10-14-15(19)18(16(20)21-14)12-7-2-1-3-8-12/h1-10H/b14-10-. The monoisotopic (exact) mass is 375 g/mol. The van der Waals surface area contributed by atoms with Crippen LogP contribution in [-0.4, -0.2) is 10.2 Å². The van der Waals surface area contributed by atoms with Crippen LogP contribution in [0, 0.1) is 0 Å². The van der Waals surface area contributed by atoms with Gasteiger partial charge in [0.15, 0.2) is 4.32 Å². The number of carbonyl (C=O) groups is 1. The molecule has 0 aliphatic carbocycles. The molecule has 0 N–H and O–H groups in total. The Bertz CT molecular complexity index is 743. The van der Waals surface area contributed by atoms with E-state index in [1.807, 2.05) is 60.7 Å². The fraction of sp³-hybridized carbons (Fsp3) is 0. The number of carbonyl (C=O) groups excluding carboxylic acids is 1. The SMILES string of the molecule is O=C1/C(=C/c2ccccc2Br)SC(=S)N1c1ccccc1. The van der Waals surface area contributed by atoms with Gasteiger partial charge in [-0.2, -0.15) is 0 Å². The lowest BCUT2D eigenvalue weighted by Gasteiger charge is -2.13. The molecule has 2 aromatic rings. The summed E-state index contributed by atoms with van der Waals surface area (Å²) in [5.74, 6) is -0.0769. The maximum Gasteiger partial charge on any atom is 0.270 e. The molecule has 104 valence electrons. The van der Waals surface area contributed by atoms with E-state index in [1.165, 1.54) is 11.8 Å². The molecular formula is C16H10BrNOS2. The summed E-state index contributed by atoms with van der Waals surface area (Å²) in [6.07, 6.45) is 1.87. The molecule has 2 aromatic carbocycles. The Kier molecular flexibility index (Phi) is 4.24. The number of para-hydroxylation sites is 1. The molecule has 1 saturated heterocycles. The first-order valence-corrected chi connectivity index (χ1v) is 8.26. The van der Waals surface area contributed by atoms with Crippen LogP contribution in [0.4, 0.5) is 5.69 Å². The molecule has 0 saturated carbocycles. The lowest BCUT2D eigenvalue weighted by Crippen LogP contribution is -2.27. The molecule has 21 heavy (non-hydrogen) atoms. The van der Waals surface area contributed by atoms with Crippen LogP contribution in [0.5, 0.6) is 0 Å². The van der Waals surface area contributed by atoms with E-state index >= 15 is 0 Å². The van der Waals surface area contributed by atoms with Crippen LogP contribution in [0.3, 0.4) is 0 Å². The van der Waals surface area contributed by atoms with Crippen LogP contribution in [0.1, 0.15) is 5.56 Å². The third-order valence-corrected chi connectivity index (χ3v) is 5.02. The first-order chi connectivity index (χ1) is 10.2. The highest BCUT2D eigenvalue weighted by Crippen LogP contribution is 2.36. The predicted octanol–water partition coefficient (Wildman–Crippen LogP) is 4.85. The van der Waals surface area contributed by atoms with Crippen molar-refractivity contribution < 1.29 is 4.79 Å². The molecule has 1 amide bonds. The van der Waals surface area contributed by atoms with Gasteiger partial charge in [-0.15, -0.1) is 0 Å². The van der Waals surface area contributed by atoms with Crippen LogP contribution in [0.25, 0.3) is 6.08 Å². The number of thiocarbonyl (C=S) groups is 1. The van der Waals surface area contributed by atoms with Gasteiger partial charge in [0.1, 0.15) is 0 Å². The average molecular weight is 376 g/mol. The van der Waals surface area contributed by atoms with E-state index < -0.39 is 0 Å². The smallest absolute Gasteiger partial charge is 0.268 e. The van der Waals surface area contributed by atoms with Gasteiger partial charge in [0.2, 0.25) is 0 Å². The van der Waals surface area contributed by atoms with Crippen LogP contribution < -0.4 is 4.90 Å². The summed E-state index contributed by atoms with van der Waals surface area (Å²) < 4.78 is 1.51. The number of hydrogen-bond acceptors (Lipinski definition) is 3. The zero-order valence-corrected chi connectivity index (χ0v) is 14.0. The molecule has 1 aliphatic heterocycles. The number of anilines is 1. The normalized spacial score (nSPS) is 16.8. The summed E-state index contributed by atoms with van der Waals surface area (Å²) in [4.78, 5) is 14.8. The van der Waals surface area contributed by atoms with E-state index in [1.54, 1.807) is 4.90 Å². The first-order valence-electron chi connectivity index (χ1n) is 6.24.